The van der Waals surface area contributed by atoms with Gasteiger partial charge in [0.25, 0.3) is 0 Å². The molecule has 0 amide bonds. The second-order valence-electron chi connectivity index (χ2n) is 23.4. The minimum atomic E-state index is -0.777. The van der Waals surface area contributed by atoms with Crippen LogP contribution in [-0.4, -0.2) is 37.2 Å². The number of hydrogen-bond donors (Lipinski definition) is 0. The Labute approximate surface area is 480 Å². The minimum absolute atomic E-state index is 0.0726. The highest BCUT2D eigenvalue weighted by Crippen LogP contribution is 2.18. The summed E-state index contributed by atoms with van der Waals surface area (Å²) in [5.41, 5.74) is 0. The fourth-order valence-corrected chi connectivity index (χ4v) is 10.4. The number of rotatable bonds is 64. The molecule has 0 aliphatic rings. The molecule has 0 spiro atoms. The third-order valence-electron chi connectivity index (χ3n) is 15.6. The maximum absolute atomic E-state index is 12.9. The Bertz CT molecular complexity index is 1290. The van der Waals surface area contributed by atoms with Gasteiger partial charge >= 0.3 is 17.9 Å². The summed E-state index contributed by atoms with van der Waals surface area (Å²) < 4.78 is 17.0. The molecule has 452 valence electrons. The number of hydrogen-bond acceptors (Lipinski definition) is 6. The van der Waals surface area contributed by atoms with E-state index in [4.69, 9.17) is 14.2 Å². The first-order valence-electron chi connectivity index (χ1n) is 34.5. The number of unbranched alkanes of at least 4 members (excludes halogenated alkanes) is 47. The van der Waals surface area contributed by atoms with Gasteiger partial charge in [0.2, 0.25) is 0 Å². The molecule has 6 heteroatoms. The van der Waals surface area contributed by atoms with E-state index in [1.54, 1.807) is 0 Å². The monoisotopic (exact) mass is 1080 g/mol. The van der Waals surface area contributed by atoms with Crippen LogP contribution in [0.3, 0.4) is 0 Å². The number of esters is 3. The van der Waals surface area contributed by atoms with E-state index in [2.05, 4.69) is 57.2 Å². The van der Waals surface area contributed by atoms with Gasteiger partial charge in [-0.1, -0.05) is 327 Å². The summed E-state index contributed by atoms with van der Waals surface area (Å²) in [5, 5.41) is 0. The van der Waals surface area contributed by atoms with Crippen LogP contribution >= 0.6 is 0 Å². The lowest BCUT2D eigenvalue weighted by atomic mass is 10.0. The van der Waals surface area contributed by atoms with Crippen LogP contribution in [0.4, 0.5) is 0 Å². The first-order chi connectivity index (χ1) is 38.0. The van der Waals surface area contributed by atoms with E-state index in [0.717, 1.165) is 77.0 Å². The molecule has 0 N–H and O–H groups in total. The largest absolute Gasteiger partial charge is 0.462 e. The second kappa shape index (κ2) is 66.1. The third-order valence-corrected chi connectivity index (χ3v) is 15.6. The van der Waals surface area contributed by atoms with Crippen molar-refractivity contribution in [2.45, 2.75) is 386 Å². The quantitative estimate of drug-likeness (QED) is 0.0261. The van der Waals surface area contributed by atoms with E-state index >= 15 is 0 Å². The van der Waals surface area contributed by atoms with Gasteiger partial charge in [-0.3, -0.25) is 14.4 Å². The number of allylic oxidation sites excluding steroid dienone is 6. The Balaban J connectivity index is 4.27. The van der Waals surface area contributed by atoms with Crippen LogP contribution in [0, 0.1) is 0 Å². The van der Waals surface area contributed by atoms with Crippen molar-refractivity contribution in [3.8, 4) is 0 Å². The van der Waals surface area contributed by atoms with Crippen molar-refractivity contribution in [1.82, 2.24) is 0 Å². The third kappa shape index (κ3) is 64.3. The molecule has 0 fully saturated rings. The van der Waals surface area contributed by atoms with Gasteiger partial charge < -0.3 is 14.2 Å². The predicted molar refractivity (Wildman–Crippen MR) is 335 cm³/mol. The summed E-state index contributed by atoms with van der Waals surface area (Å²) in [6.45, 7) is 6.66. The van der Waals surface area contributed by atoms with Gasteiger partial charge in [0.1, 0.15) is 13.2 Å². The first-order valence-corrected chi connectivity index (χ1v) is 34.5. The van der Waals surface area contributed by atoms with E-state index in [-0.39, 0.29) is 31.1 Å². The SMILES string of the molecule is CCCC/C=C\C/C=C\CCCCCCCC(=O)OCC(COC(=O)CCCCCCCCCCCCC/C=C\CCCCCCCCCC)OC(=O)CCCCCCCCCCCCCCCCCCCCCCCC. The number of ether oxygens (including phenoxy) is 3. The second-order valence-corrected chi connectivity index (χ2v) is 23.4. The van der Waals surface area contributed by atoms with Crippen LogP contribution in [0.25, 0.3) is 0 Å². The number of carbonyl (C=O) groups is 3. The van der Waals surface area contributed by atoms with Gasteiger partial charge in [-0.2, -0.15) is 0 Å². The zero-order valence-electron chi connectivity index (χ0n) is 52.0. The lowest BCUT2D eigenvalue weighted by Gasteiger charge is -2.18. The predicted octanol–water partition coefficient (Wildman–Crippen LogP) is 23.6. The highest BCUT2D eigenvalue weighted by molar-refractivity contribution is 5.71. The lowest BCUT2D eigenvalue weighted by Crippen LogP contribution is -2.30. The standard InChI is InChI=1S/C71H132O6/c1-4-7-10-13-16-19-22-25-28-30-32-34-36-38-39-41-43-46-49-52-55-58-61-64-70(73)76-67-68(66-75-69(72)63-60-57-54-51-48-45-27-24-21-18-15-12-9-6-3)77-71(74)65-62-59-56-53-50-47-44-42-40-37-35-33-31-29-26-23-20-17-14-11-8-5-2/h15,18,24,27,30,32,68H,4-14,16-17,19-23,25-26,28-29,31,33-67H2,1-3H3/b18-15-,27-24-,32-30-. The Morgan fingerprint density at radius 2 is 0.481 bits per heavy atom. The lowest BCUT2D eigenvalue weighted by molar-refractivity contribution is -0.167. The summed E-state index contributed by atoms with van der Waals surface area (Å²) >= 11 is 0. The molecule has 0 heterocycles. The van der Waals surface area contributed by atoms with Gasteiger partial charge in [0.05, 0.1) is 0 Å². The molecule has 77 heavy (non-hydrogen) atoms. The van der Waals surface area contributed by atoms with Crippen LogP contribution in [0.15, 0.2) is 36.5 Å². The Morgan fingerprint density at radius 1 is 0.260 bits per heavy atom. The Hall–Kier alpha value is -2.37. The molecule has 0 aromatic heterocycles. The summed E-state index contributed by atoms with van der Waals surface area (Å²) in [4.78, 5) is 38.4. The molecule has 0 aromatic rings. The molecule has 0 aliphatic carbocycles. The average Bonchev–Trinajstić information content (AvgIpc) is 3.43. The van der Waals surface area contributed by atoms with Crippen molar-refractivity contribution in [2.75, 3.05) is 13.2 Å². The molecule has 0 rings (SSSR count). The molecule has 0 bridgehead atoms. The van der Waals surface area contributed by atoms with Gasteiger partial charge in [-0.15, -0.1) is 0 Å². The molecular weight excluding hydrogens is 949 g/mol. The highest BCUT2D eigenvalue weighted by atomic mass is 16.6. The summed E-state index contributed by atoms with van der Waals surface area (Å²) in [6.07, 6.45) is 81.7. The molecule has 0 saturated heterocycles. The van der Waals surface area contributed by atoms with Gasteiger partial charge in [-0.05, 0) is 70.6 Å². The van der Waals surface area contributed by atoms with Gasteiger partial charge in [-0.25, -0.2) is 0 Å². The smallest absolute Gasteiger partial charge is 0.306 e. The molecule has 1 unspecified atom stereocenters. The molecule has 0 aliphatic heterocycles. The number of carbonyl (C=O) groups excluding carboxylic acids is 3. The Morgan fingerprint density at radius 3 is 0.766 bits per heavy atom. The van der Waals surface area contributed by atoms with Crippen LogP contribution in [0.5, 0.6) is 0 Å². The van der Waals surface area contributed by atoms with E-state index in [1.807, 2.05) is 0 Å². The minimum Gasteiger partial charge on any atom is -0.462 e. The summed E-state index contributed by atoms with van der Waals surface area (Å²) in [7, 11) is 0. The van der Waals surface area contributed by atoms with E-state index in [1.165, 1.54) is 263 Å². The molecule has 0 radical (unpaired) electrons. The highest BCUT2D eigenvalue weighted by Gasteiger charge is 2.19. The van der Waals surface area contributed by atoms with Crippen molar-refractivity contribution in [3.63, 3.8) is 0 Å². The van der Waals surface area contributed by atoms with Crippen LogP contribution < -0.4 is 0 Å². The van der Waals surface area contributed by atoms with E-state index in [0.29, 0.717) is 19.3 Å². The van der Waals surface area contributed by atoms with Crippen molar-refractivity contribution in [1.29, 1.82) is 0 Å². The van der Waals surface area contributed by atoms with Crippen LogP contribution in [-0.2, 0) is 28.6 Å². The fourth-order valence-electron chi connectivity index (χ4n) is 10.4. The topological polar surface area (TPSA) is 78.9 Å². The van der Waals surface area contributed by atoms with Crippen LogP contribution in [0.2, 0.25) is 0 Å². The first kappa shape index (κ1) is 74.6. The van der Waals surface area contributed by atoms with Gasteiger partial charge in [0.15, 0.2) is 6.10 Å². The fraction of sp³-hybridized carbons (Fsp3) is 0.873. The average molecular weight is 1080 g/mol. The van der Waals surface area contributed by atoms with Crippen molar-refractivity contribution in [2.24, 2.45) is 0 Å². The summed E-state index contributed by atoms with van der Waals surface area (Å²) in [6, 6.07) is 0. The van der Waals surface area contributed by atoms with Crippen molar-refractivity contribution >= 4 is 17.9 Å². The zero-order valence-corrected chi connectivity index (χ0v) is 52.0. The molecule has 0 saturated carbocycles. The Kier molecular flexibility index (Phi) is 64.1. The van der Waals surface area contributed by atoms with E-state index < -0.39 is 6.10 Å². The van der Waals surface area contributed by atoms with Crippen molar-refractivity contribution < 1.29 is 28.6 Å². The normalized spacial score (nSPS) is 12.2. The summed E-state index contributed by atoms with van der Waals surface area (Å²) in [5.74, 6) is -0.860. The molecular formula is C71H132O6. The van der Waals surface area contributed by atoms with Crippen LogP contribution in [0.1, 0.15) is 380 Å². The van der Waals surface area contributed by atoms with E-state index in [9.17, 15) is 14.4 Å². The zero-order chi connectivity index (χ0) is 55.7. The molecule has 1 atom stereocenters. The van der Waals surface area contributed by atoms with Crippen molar-refractivity contribution in [3.05, 3.63) is 36.5 Å². The maximum atomic E-state index is 12.9. The molecule has 6 nitrogen and oxygen atoms in total. The molecule has 0 aromatic carbocycles. The van der Waals surface area contributed by atoms with Gasteiger partial charge in [0, 0.05) is 19.3 Å². The maximum Gasteiger partial charge on any atom is 0.306 e.